The fraction of sp³-hybridized carbons (Fsp3) is 0.133. The van der Waals surface area contributed by atoms with Gasteiger partial charge in [-0.2, -0.15) is 0 Å². The largest absolute Gasteiger partial charge is 0.398 e. The number of nitrogens with two attached hydrogens (primary N) is 1. The summed E-state index contributed by atoms with van der Waals surface area (Å²) in [5.74, 6) is -1.72. The quantitative estimate of drug-likeness (QED) is 0.670. The van der Waals surface area contributed by atoms with E-state index in [9.17, 15) is 13.6 Å². The van der Waals surface area contributed by atoms with Crippen molar-refractivity contribution in [2.75, 3.05) is 16.8 Å². The second kappa shape index (κ2) is 6.58. The number of nitrogen functional groups attached to an aromatic ring is 1. The highest BCUT2D eigenvalue weighted by atomic mass is 32.2. The first kappa shape index (κ1) is 15.3. The van der Waals surface area contributed by atoms with Crippen LogP contribution in [0.15, 0.2) is 41.3 Å². The first-order valence-corrected chi connectivity index (χ1v) is 7.17. The maximum atomic E-state index is 13.0. The van der Waals surface area contributed by atoms with Crippen LogP contribution >= 0.6 is 11.8 Å². The van der Waals surface area contributed by atoms with Gasteiger partial charge in [0.2, 0.25) is 5.91 Å². The highest BCUT2D eigenvalue weighted by molar-refractivity contribution is 8.00. The van der Waals surface area contributed by atoms with Crippen molar-refractivity contribution in [2.24, 2.45) is 0 Å². The maximum Gasteiger partial charge on any atom is 0.234 e. The number of anilines is 2. The summed E-state index contributed by atoms with van der Waals surface area (Å²) in [5, 5.41) is 2.44. The van der Waals surface area contributed by atoms with Crippen LogP contribution in [-0.4, -0.2) is 11.7 Å². The lowest BCUT2D eigenvalue weighted by molar-refractivity contribution is -0.113. The van der Waals surface area contributed by atoms with Gasteiger partial charge in [-0.25, -0.2) is 8.78 Å². The fourth-order valence-electron chi connectivity index (χ4n) is 1.77. The van der Waals surface area contributed by atoms with Crippen LogP contribution < -0.4 is 11.1 Å². The summed E-state index contributed by atoms with van der Waals surface area (Å²) in [5.41, 5.74) is 7.58. The zero-order chi connectivity index (χ0) is 15.4. The van der Waals surface area contributed by atoms with E-state index < -0.39 is 11.6 Å². The monoisotopic (exact) mass is 308 g/mol. The Bertz CT molecular complexity index is 656. The van der Waals surface area contributed by atoms with E-state index >= 15 is 0 Å². The van der Waals surface area contributed by atoms with Gasteiger partial charge in [0.25, 0.3) is 0 Å². The number of hydrogen-bond acceptors (Lipinski definition) is 3. The van der Waals surface area contributed by atoms with Gasteiger partial charge < -0.3 is 11.1 Å². The average Bonchev–Trinajstić information content (AvgIpc) is 2.36. The number of carbonyl (C=O) groups excluding carboxylic acids is 1. The molecule has 1 amide bonds. The molecule has 0 aliphatic carbocycles. The van der Waals surface area contributed by atoms with Crippen molar-refractivity contribution in [1.82, 2.24) is 0 Å². The molecule has 0 aliphatic rings. The zero-order valence-electron chi connectivity index (χ0n) is 11.3. The van der Waals surface area contributed by atoms with Crippen molar-refractivity contribution in [3.05, 3.63) is 53.6 Å². The predicted octanol–water partition coefficient (Wildman–Crippen LogP) is 3.59. The minimum atomic E-state index is -0.735. The van der Waals surface area contributed by atoms with Crippen LogP contribution in [-0.2, 0) is 4.79 Å². The Kier molecular flexibility index (Phi) is 4.80. The smallest absolute Gasteiger partial charge is 0.234 e. The molecule has 0 unspecified atom stereocenters. The third kappa shape index (κ3) is 4.46. The number of carbonyl (C=O) groups is 1. The molecule has 0 heterocycles. The van der Waals surface area contributed by atoms with Crippen molar-refractivity contribution in [1.29, 1.82) is 0 Å². The highest BCUT2D eigenvalue weighted by Gasteiger charge is 2.08. The summed E-state index contributed by atoms with van der Waals surface area (Å²) in [7, 11) is 0. The summed E-state index contributed by atoms with van der Waals surface area (Å²) >= 11 is 1.27. The van der Waals surface area contributed by atoms with Gasteiger partial charge in [0.15, 0.2) is 0 Å². The Labute approximate surface area is 125 Å². The van der Waals surface area contributed by atoms with Gasteiger partial charge >= 0.3 is 0 Å². The number of benzene rings is 2. The van der Waals surface area contributed by atoms with Gasteiger partial charge in [0.1, 0.15) is 11.6 Å². The van der Waals surface area contributed by atoms with Crippen molar-refractivity contribution in [3.63, 3.8) is 0 Å². The molecular weight excluding hydrogens is 294 g/mol. The molecule has 0 bridgehead atoms. The van der Waals surface area contributed by atoms with Gasteiger partial charge in [-0.15, -0.1) is 11.8 Å². The molecule has 2 aromatic carbocycles. The third-order valence-electron chi connectivity index (χ3n) is 2.67. The fourth-order valence-corrected chi connectivity index (χ4v) is 2.51. The number of halogens is 2. The second-order valence-corrected chi connectivity index (χ2v) is 5.55. The molecule has 0 radical (unpaired) electrons. The van der Waals surface area contributed by atoms with Gasteiger partial charge in [-0.1, -0.05) is 6.07 Å². The van der Waals surface area contributed by atoms with Crippen LogP contribution in [0.3, 0.4) is 0 Å². The first-order chi connectivity index (χ1) is 9.94. The number of aryl methyl sites for hydroxylation is 1. The number of amides is 1. The van der Waals surface area contributed by atoms with E-state index in [2.05, 4.69) is 5.32 Å². The summed E-state index contributed by atoms with van der Waals surface area (Å²) in [6.07, 6.45) is 0. The molecule has 2 rings (SSSR count). The van der Waals surface area contributed by atoms with E-state index in [4.69, 9.17) is 5.73 Å². The average molecular weight is 308 g/mol. The first-order valence-electron chi connectivity index (χ1n) is 6.19. The Morgan fingerprint density at radius 2 is 1.86 bits per heavy atom. The summed E-state index contributed by atoms with van der Waals surface area (Å²) in [6, 6.07) is 8.43. The molecule has 0 saturated carbocycles. The molecule has 0 aliphatic heterocycles. The molecule has 0 saturated heterocycles. The molecular formula is C15H14F2N2OS. The van der Waals surface area contributed by atoms with Crippen molar-refractivity contribution in [3.8, 4) is 0 Å². The van der Waals surface area contributed by atoms with E-state index in [0.29, 0.717) is 5.69 Å². The van der Waals surface area contributed by atoms with E-state index in [1.54, 1.807) is 0 Å². The highest BCUT2D eigenvalue weighted by Crippen LogP contribution is 2.26. The van der Waals surface area contributed by atoms with E-state index in [0.717, 1.165) is 28.7 Å². The van der Waals surface area contributed by atoms with Gasteiger partial charge in [-0.05, 0) is 36.8 Å². The number of hydrogen-bond donors (Lipinski definition) is 2. The topological polar surface area (TPSA) is 55.1 Å². The lowest BCUT2D eigenvalue weighted by Crippen LogP contribution is -2.14. The molecule has 3 N–H and O–H groups in total. The van der Waals surface area contributed by atoms with Crippen LogP contribution in [0, 0.1) is 18.6 Å². The van der Waals surface area contributed by atoms with E-state index in [1.807, 2.05) is 25.1 Å². The second-order valence-electron chi connectivity index (χ2n) is 4.54. The Morgan fingerprint density at radius 3 is 2.48 bits per heavy atom. The van der Waals surface area contributed by atoms with Gasteiger partial charge in [0, 0.05) is 22.3 Å². The minimum Gasteiger partial charge on any atom is -0.398 e. The van der Waals surface area contributed by atoms with Crippen LogP contribution in [0.4, 0.5) is 20.2 Å². The van der Waals surface area contributed by atoms with Gasteiger partial charge in [0.05, 0.1) is 5.75 Å². The number of thioether (sulfide) groups is 1. The van der Waals surface area contributed by atoms with Crippen LogP contribution in [0.1, 0.15) is 5.56 Å². The van der Waals surface area contributed by atoms with Crippen molar-refractivity contribution >= 4 is 29.0 Å². The Hall–Kier alpha value is -2.08. The van der Waals surface area contributed by atoms with Crippen LogP contribution in [0.25, 0.3) is 0 Å². The van der Waals surface area contributed by atoms with Crippen molar-refractivity contribution < 1.29 is 13.6 Å². The molecule has 21 heavy (non-hydrogen) atoms. The maximum absolute atomic E-state index is 13.0. The SMILES string of the molecule is Cc1ccc(SCC(=O)Nc2cc(F)cc(F)c2)c(N)c1. The standard InChI is InChI=1S/C15H14F2N2OS/c1-9-2-3-14(13(18)4-9)21-8-15(20)19-12-6-10(16)5-11(17)7-12/h2-7H,8,18H2,1H3,(H,19,20). The Balaban J connectivity index is 1.95. The van der Waals surface area contributed by atoms with E-state index in [-0.39, 0.29) is 17.3 Å². The zero-order valence-corrected chi connectivity index (χ0v) is 12.1. The molecule has 110 valence electrons. The predicted molar refractivity (Wildman–Crippen MR) is 81.3 cm³/mol. The van der Waals surface area contributed by atoms with Crippen molar-refractivity contribution in [2.45, 2.75) is 11.8 Å². The normalized spacial score (nSPS) is 10.4. The number of nitrogens with one attached hydrogen (secondary N) is 1. The molecule has 0 aromatic heterocycles. The molecule has 0 atom stereocenters. The van der Waals surface area contributed by atoms with E-state index in [1.165, 1.54) is 11.8 Å². The van der Waals surface area contributed by atoms with Crippen LogP contribution in [0.5, 0.6) is 0 Å². The minimum absolute atomic E-state index is 0.0926. The summed E-state index contributed by atoms with van der Waals surface area (Å²) in [4.78, 5) is 12.6. The molecule has 2 aromatic rings. The summed E-state index contributed by atoms with van der Waals surface area (Å²) < 4.78 is 26.0. The van der Waals surface area contributed by atoms with Crippen LogP contribution in [0.2, 0.25) is 0 Å². The lowest BCUT2D eigenvalue weighted by atomic mass is 10.2. The number of rotatable bonds is 4. The molecule has 0 spiro atoms. The third-order valence-corrected chi connectivity index (χ3v) is 3.76. The molecule has 3 nitrogen and oxygen atoms in total. The Morgan fingerprint density at radius 1 is 1.19 bits per heavy atom. The molecule has 0 fully saturated rings. The molecule has 6 heteroatoms. The summed E-state index contributed by atoms with van der Waals surface area (Å²) in [6.45, 7) is 1.93. The lowest BCUT2D eigenvalue weighted by Gasteiger charge is -2.08. The van der Waals surface area contributed by atoms with Gasteiger partial charge in [-0.3, -0.25) is 4.79 Å².